The minimum absolute atomic E-state index is 0.0255. The van der Waals surface area contributed by atoms with E-state index in [1.165, 1.54) is 0 Å². The molecule has 1 fully saturated rings. The highest BCUT2D eigenvalue weighted by molar-refractivity contribution is 5.87. The van der Waals surface area contributed by atoms with E-state index in [0.717, 1.165) is 6.42 Å². The van der Waals surface area contributed by atoms with Crippen molar-refractivity contribution in [1.82, 2.24) is 5.32 Å². The molecule has 64 valence electrons. The molecule has 0 unspecified atom stereocenters. The van der Waals surface area contributed by atoms with Gasteiger partial charge in [-0.05, 0) is 11.8 Å². The van der Waals surface area contributed by atoms with Crippen LogP contribution in [0, 0.1) is 5.41 Å². The largest absolute Gasteiger partial charge is 0.381 e. The summed E-state index contributed by atoms with van der Waals surface area (Å²) in [5, 5.41) is 11.8. The monoisotopic (exact) mass is 157 g/mol. The van der Waals surface area contributed by atoms with Gasteiger partial charge in [0.05, 0.1) is 6.04 Å². The summed E-state index contributed by atoms with van der Waals surface area (Å²) >= 11 is 0. The van der Waals surface area contributed by atoms with Crippen LogP contribution in [0.25, 0.3) is 0 Å². The van der Waals surface area contributed by atoms with Crippen molar-refractivity contribution in [3.05, 3.63) is 0 Å². The molecule has 1 rings (SSSR count). The molecule has 1 saturated heterocycles. The Morgan fingerprint density at radius 1 is 1.55 bits per heavy atom. The summed E-state index contributed by atoms with van der Waals surface area (Å²) in [6.07, 6.45) is 0.0640. The topological polar surface area (TPSA) is 49.3 Å². The minimum atomic E-state index is -0.769. The molecule has 0 saturated carbocycles. The molecule has 0 aromatic heterocycles. The van der Waals surface area contributed by atoms with Gasteiger partial charge in [0, 0.05) is 0 Å². The second-order valence-corrected chi connectivity index (χ2v) is 4.32. The van der Waals surface area contributed by atoms with Gasteiger partial charge in [-0.2, -0.15) is 0 Å². The van der Waals surface area contributed by atoms with Crippen LogP contribution >= 0.6 is 0 Å². The average molecular weight is 157 g/mol. The summed E-state index contributed by atoms with van der Waals surface area (Å²) in [4.78, 5) is 10.6. The lowest BCUT2D eigenvalue weighted by molar-refractivity contribution is -0.143. The molecule has 1 amide bonds. The summed E-state index contributed by atoms with van der Waals surface area (Å²) in [7, 11) is 0. The van der Waals surface area contributed by atoms with E-state index in [1.54, 1.807) is 0 Å². The van der Waals surface area contributed by atoms with Gasteiger partial charge < -0.3 is 10.4 Å². The highest BCUT2D eigenvalue weighted by Crippen LogP contribution is 2.25. The summed E-state index contributed by atoms with van der Waals surface area (Å²) in [5.41, 5.74) is 0.166. The third kappa shape index (κ3) is 1.93. The Labute approximate surface area is 66.8 Å². The fraction of sp³-hybridized carbons (Fsp3) is 0.875. The van der Waals surface area contributed by atoms with Crippen molar-refractivity contribution >= 4 is 5.91 Å². The Kier molecular flexibility index (Phi) is 1.92. The van der Waals surface area contributed by atoms with E-state index >= 15 is 0 Å². The van der Waals surface area contributed by atoms with Crippen molar-refractivity contribution < 1.29 is 9.90 Å². The molecule has 3 heteroatoms. The number of hydrogen-bond acceptors (Lipinski definition) is 2. The predicted octanol–water partition coefficient (Wildman–Crippen LogP) is 0.282. The van der Waals surface area contributed by atoms with E-state index < -0.39 is 6.10 Å². The number of hydrogen-bond donors (Lipinski definition) is 2. The normalized spacial score (nSPS) is 31.1. The van der Waals surface area contributed by atoms with Gasteiger partial charge in [-0.25, -0.2) is 0 Å². The Morgan fingerprint density at radius 2 is 2.09 bits per heavy atom. The highest BCUT2D eigenvalue weighted by Gasteiger charge is 2.39. The van der Waals surface area contributed by atoms with Crippen molar-refractivity contribution in [1.29, 1.82) is 0 Å². The molecule has 2 atom stereocenters. The maximum absolute atomic E-state index is 10.6. The van der Waals surface area contributed by atoms with Crippen molar-refractivity contribution in [2.45, 2.75) is 39.3 Å². The van der Waals surface area contributed by atoms with Crippen molar-refractivity contribution in [3.8, 4) is 0 Å². The number of amides is 1. The van der Waals surface area contributed by atoms with Crippen molar-refractivity contribution in [2.24, 2.45) is 5.41 Å². The number of carbonyl (C=O) groups is 1. The standard InChI is InChI=1S/C8H15NO2/c1-8(2,3)4-5-6(10)7(11)9-5/h5-6,10H,4H2,1-3H3,(H,9,11)/t5-,6+/m0/s1. The second-order valence-electron chi connectivity index (χ2n) is 4.32. The van der Waals surface area contributed by atoms with Crippen LogP contribution in [0.5, 0.6) is 0 Å². The number of carbonyl (C=O) groups excluding carboxylic acids is 1. The van der Waals surface area contributed by atoms with Crippen LogP contribution in [0.15, 0.2) is 0 Å². The molecule has 0 aromatic carbocycles. The number of aliphatic hydroxyl groups excluding tert-OH is 1. The first kappa shape index (κ1) is 8.53. The molecule has 0 bridgehead atoms. The van der Waals surface area contributed by atoms with Gasteiger partial charge in [0.2, 0.25) is 0 Å². The third-order valence-corrected chi connectivity index (χ3v) is 1.81. The summed E-state index contributed by atoms with van der Waals surface area (Å²) in [6.45, 7) is 6.26. The first-order chi connectivity index (χ1) is 4.90. The fourth-order valence-electron chi connectivity index (χ4n) is 1.26. The van der Waals surface area contributed by atoms with Gasteiger partial charge in [-0.1, -0.05) is 20.8 Å². The molecule has 0 aromatic rings. The Hall–Kier alpha value is -0.570. The lowest BCUT2D eigenvalue weighted by atomic mass is 9.83. The van der Waals surface area contributed by atoms with Gasteiger partial charge in [-0.3, -0.25) is 4.79 Å². The zero-order valence-electron chi connectivity index (χ0n) is 7.22. The zero-order valence-corrected chi connectivity index (χ0v) is 7.22. The maximum atomic E-state index is 10.6. The Morgan fingerprint density at radius 3 is 2.36 bits per heavy atom. The Balaban J connectivity index is 2.36. The van der Waals surface area contributed by atoms with Crippen LogP contribution in [0.4, 0.5) is 0 Å². The predicted molar refractivity (Wildman–Crippen MR) is 42.0 cm³/mol. The fourth-order valence-corrected chi connectivity index (χ4v) is 1.26. The quantitative estimate of drug-likeness (QED) is 0.537. The van der Waals surface area contributed by atoms with Crippen LogP contribution in [0.2, 0.25) is 0 Å². The molecule has 1 aliphatic rings. The van der Waals surface area contributed by atoms with Gasteiger partial charge in [0.15, 0.2) is 6.10 Å². The van der Waals surface area contributed by atoms with E-state index in [9.17, 15) is 4.79 Å². The Bertz CT molecular complexity index is 171. The molecule has 11 heavy (non-hydrogen) atoms. The minimum Gasteiger partial charge on any atom is -0.381 e. The van der Waals surface area contributed by atoms with Gasteiger partial charge in [0.1, 0.15) is 0 Å². The van der Waals surface area contributed by atoms with E-state index in [2.05, 4.69) is 26.1 Å². The molecule has 2 N–H and O–H groups in total. The maximum Gasteiger partial charge on any atom is 0.251 e. The zero-order chi connectivity index (χ0) is 8.65. The van der Waals surface area contributed by atoms with Gasteiger partial charge >= 0.3 is 0 Å². The van der Waals surface area contributed by atoms with Crippen LogP contribution in [0.3, 0.4) is 0 Å². The van der Waals surface area contributed by atoms with E-state index in [0.29, 0.717) is 0 Å². The molecule has 0 radical (unpaired) electrons. The number of nitrogens with one attached hydrogen (secondary N) is 1. The number of β-lactam (4-membered cyclic amide) rings is 1. The van der Waals surface area contributed by atoms with Crippen molar-refractivity contribution in [2.75, 3.05) is 0 Å². The van der Waals surface area contributed by atoms with E-state index in [1.807, 2.05) is 0 Å². The first-order valence-corrected chi connectivity index (χ1v) is 3.88. The highest BCUT2D eigenvalue weighted by atomic mass is 16.3. The SMILES string of the molecule is CC(C)(C)C[C@@H]1NC(=O)[C@@H]1O. The van der Waals surface area contributed by atoms with Crippen LogP contribution in [0.1, 0.15) is 27.2 Å². The first-order valence-electron chi connectivity index (χ1n) is 3.88. The molecular formula is C8H15NO2. The van der Waals surface area contributed by atoms with Gasteiger partial charge in [-0.15, -0.1) is 0 Å². The average Bonchev–Trinajstić information content (AvgIpc) is 1.84. The van der Waals surface area contributed by atoms with Gasteiger partial charge in [0.25, 0.3) is 5.91 Å². The van der Waals surface area contributed by atoms with E-state index in [-0.39, 0.29) is 17.4 Å². The lowest BCUT2D eigenvalue weighted by Gasteiger charge is -2.36. The summed E-state index contributed by atoms with van der Waals surface area (Å²) < 4.78 is 0. The molecular weight excluding hydrogens is 142 g/mol. The molecule has 1 heterocycles. The third-order valence-electron chi connectivity index (χ3n) is 1.81. The molecule has 0 spiro atoms. The van der Waals surface area contributed by atoms with Crippen molar-refractivity contribution in [3.63, 3.8) is 0 Å². The number of rotatable bonds is 1. The lowest BCUT2D eigenvalue weighted by Crippen LogP contribution is -2.63. The summed E-state index contributed by atoms with van der Waals surface area (Å²) in [5.74, 6) is -0.237. The van der Waals surface area contributed by atoms with Crippen LogP contribution < -0.4 is 5.32 Å². The smallest absolute Gasteiger partial charge is 0.251 e. The van der Waals surface area contributed by atoms with Crippen LogP contribution in [-0.4, -0.2) is 23.2 Å². The van der Waals surface area contributed by atoms with E-state index in [4.69, 9.17) is 5.11 Å². The second kappa shape index (κ2) is 2.48. The van der Waals surface area contributed by atoms with Crippen LogP contribution in [-0.2, 0) is 4.79 Å². The molecule has 0 aliphatic carbocycles. The number of aliphatic hydroxyl groups is 1. The molecule has 1 aliphatic heterocycles. The summed E-state index contributed by atoms with van der Waals surface area (Å²) in [6, 6.07) is -0.0255. The molecule has 3 nitrogen and oxygen atoms in total.